The molecule has 0 N–H and O–H groups in total. The largest absolute Gasteiger partial charge is 1.00 e. The number of carbonyl (C=O) groups excluding carboxylic acids is 1. The lowest BCUT2D eigenvalue weighted by molar-refractivity contribution is -0.919. The van der Waals surface area contributed by atoms with Crippen LogP contribution in [0, 0.1) is 0 Å². The maximum absolute atomic E-state index is 11.2. The first-order valence-electron chi connectivity index (χ1n) is 4.73. The van der Waals surface area contributed by atoms with E-state index in [0.717, 1.165) is 4.48 Å². The molecule has 15 heavy (non-hydrogen) atoms. The van der Waals surface area contributed by atoms with Gasteiger partial charge in [-0.05, 0) is 13.8 Å². The first-order valence-corrected chi connectivity index (χ1v) is 4.73. The lowest BCUT2D eigenvalue weighted by Gasteiger charge is -2.40. The third-order valence-electron chi connectivity index (χ3n) is 2.73. The summed E-state index contributed by atoms with van der Waals surface area (Å²) >= 11 is 0. The minimum atomic E-state index is -0.286. The van der Waals surface area contributed by atoms with Gasteiger partial charge in [-0.15, -0.1) is 0 Å². The molecule has 0 spiro atoms. The summed E-state index contributed by atoms with van der Waals surface area (Å²) in [6.07, 6.45) is -0.286. The summed E-state index contributed by atoms with van der Waals surface area (Å²) in [6.45, 7) is 4.58. The number of hydrogen-bond acceptors (Lipinski definition) is 2. The van der Waals surface area contributed by atoms with E-state index in [2.05, 4.69) is 35.0 Å². The fraction of sp³-hybridized carbons (Fsp3) is 0.900. The zero-order chi connectivity index (χ0) is 11.6. The molecule has 1 amide bonds. The summed E-state index contributed by atoms with van der Waals surface area (Å²) in [5.74, 6) is 0. The highest BCUT2D eigenvalue weighted by Gasteiger charge is 2.34. The smallest absolute Gasteiger partial charge is 0.409 e. The molecule has 4 nitrogen and oxygen atoms in total. The first-order chi connectivity index (χ1) is 6.08. The monoisotopic (exact) mass is 330 g/mol. The summed E-state index contributed by atoms with van der Waals surface area (Å²) in [6, 6.07) is 0. The Labute approximate surface area is 110 Å². The normalized spacial score (nSPS) is 11.7. The average molecular weight is 330 g/mol. The van der Waals surface area contributed by atoms with Gasteiger partial charge in [-0.3, -0.25) is 0 Å². The molecule has 0 saturated carbocycles. The Kier molecular flexibility index (Phi) is 6.81. The Hall–Kier alpha value is -0.0400. The van der Waals surface area contributed by atoms with Crippen molar-refractivity contribution in [3.05, 3.63) is 0 Å². The molecule has 92 valence electrons. The number of ether oxygens (including phenoxy) is 1. The number of carbonyl (C=O) groups is 1. The van der Waals surface area contributed by atoms with Gasteiger partial charge >= 0.3 is 6.09 Å². The van der Waals surface area contributed by atoms with Crippen molar-refractivity contribution in [1.29, 1.82) is 0 Å². The van der Waals surface area contributed by atoms with E-state index >= 15 is 0 Å². The summed E-state index contributed by atoms with van der Waals surface area (Å²) in [5.41, 5.74) is -0.0777. The van der Waals surface area contributed by atoms with E-state index in [4.69, 9.17) is 4.74 Å². The molecule has 0 rings (SSSR count). The van der Waals surface area contributed by atoms with Crippen LogP contribution in [0.15, 0.2) is 0 Å². The molecule has 0 radical (unpaired) electrons. The second-order valence-corrected chi connectivity index (χ2v) is 5.27. The van der Waals surface area contributed by atoms with E-state index in [9.17, 15) is 4.79 Å². The van der Waals surface area contributed by atoms with Gasteiger partial charge in [-0.25, -0.2) is 4.79 Å². The van der Waals surface area contributed by atoms with Crippen molar-refractivity contribution in [1.82, 2.24) is 4.90 Å². The zero-order valence-corrected chi connectivity index (χ0v) is 13.0. The second-order valence-electron chi connectivity index (χ2n) is 5.27. The molecule has 0 aliphatic heterocycles. The molecular formula is C10H23IN2O2. The van der Waals surface area contributed by atoms with E-state index in [0.29, 0.717) is 6.61 Å². The van der Waals surface area contributed by atoms with Crippen LogP contribution in [0.1, 0.15) is 13.8 Å². The van der Waals surface area contributed by atoms with Crippen LogP contribution in [0.4, 0.5) is 4.79 Å². The van der Waals surface area contributed by atoms with Crippen molar-refractivity contribution in [2.75, 3.05) is 41.8 Å². The molecule has 0 aliphatic rings. The quantitative estimate of drug-likeness (QED) is 0.450. The average Bonchev–Trinajstić information content (AvgIpc) is 1.97. The third-order valence-corrected chi connectivity index (χ3v) is 2.73. The molecule has 0 unspecified atom stereocenters. The Bertz CT molecular complexity index is 210. The van der Waals surface area contributed by atoms with Gasteiger partial charge in [0.05, 0.1) is 21.1 Å². The van der Waals surface area contributed by atoms with Gasteiger partial charge < -0.3 is 38.1 Å². The minimum Gasteiger partial charge on any atom is -1.00 e. The predicted molar refractivity (Wildman–Crippen MR) is 57.1 cm³/mol. The van der Waals surface area contributed by atoms with Gasteiger partial charge in [-0.1, -0.05) is 0 Å². The molecular weight excluding hydrogens is 307 g/mol. The Balaban J connectivity index is 0. The summed E-state index contributed by atoms with van der Waals surface area (Å²) < 4.78 is 5.92. The van der Waals surface area contributed by atoms with Crippen LogP contribution in [-0.4, -0.2) is 62.9 Å². The van der Waals surface area contributed by atoms with E-state index in [1.165, 1.54) is 4.90 Å². The summed E-state index contributed by atoms with van der Waals surface area (Å²) in [5, 5.41) is 0. The molecule has 0 atom stereocenters. The van der Waals surface area contributed by atoms with Crippen molar-refractivity contribution < 1.29 is 38.0 Å². The maximum Gasteiger partial charge on any atom is 0.409 e. The Morgan fingerprint density at radius 2 is 1.67 bits per heavy atom. The highest BCUT2D eigenvalue weighted by Crippen LogP contribution is 2.17. The SMILES string of the molecule is CN(C)C(=O)OCC(C)(C)[N+](C)(C)C.[I-]. The number of nitrogens with zero attached hydrogens (tertiary/aromatic N) is 2. The number of quaternary nitrogens is 1. The lowest BCUT2D eigenvalue weighted by atomic mass is 10.0. The highest BCUT2D eigenvalue weighted by atomic mass is 127. The van der Waals surface area contributed by atoms with Crippen molar-refractivity contribution in [3.63, 3.8) is 0 Å². The van der Waals surface area contributed by atoms with Crippen LogP contribution in [-0.2, 0) is 4.74 Å². The zero-order valence-electron chi connectivity index (χ0n) is 10.8. The van der Waals surface area contributed by atoms with Crippen LogP contribution in [0.25, 0.3) is 0 Å². The summed E-state index contributed by atoms with van der Waals surface area (Å²) in [7, 11) is 9.62. The van der Waals surface area contributed by atoms with Crippen LogP contribution in [0.2, 0.25) is 0 Å². The fourth-order valence-electron chi connectivity index (χ4n) is 0.561. The lowest BCUT2D eigenvalue weighted by Crippen LogP contribution is -3.00. The van der Waals surface area contributed by atoms with E-state index in [1.54, 1.807) is 14.1 Å². The minimum absolute atomic E-state index is 0. The van der Waals surface area contributed by atoms with Crippen LogP contribution < -0.4 is 24.0 Å². The van der Waals surface area contributed by atoms with Crippen molar-refractivity contribution in [2.45, 2.75) is 19.4 Å². The van der Waals surface area contributed by atoms with Crippen molar-refractivity contribution in [3.8, 4) is 0 Å². The van der Waals surface area contributed by atoms with Gasteiger partial charge in [-0.2, -0.15) is 0 Å². The van der Waals surface area contributed by atoms with Crippen LogP contribution in [0.5, 0.6) is 0 Å². The second kappa shape index (κ2) is 5.89. The van der Waals surface area contributed by atoms with Crippen molar-refractivity contribution >= 4 is 6.09 Å². The molecule has 0 aromatic rings. The van der Waals surface area contributed by atoms with Crippen molar-refractivity contribution in [2.24, 2.45) is 0 Å². The van der Waals surface area contributed by atoms with Gasteiger partial charge in [0.1, 0.15) is 12.1 Å². The van der Waals surface area contributed by atoms with Crippen LogP contribution in [0.3, 0.4) is 0 Å². The molecule has 0 heterocycles. The number of halogens is 1. The summed E-state index contributed by atoms with van der Waals surface area (Å²) in [4.78, 5) is 12.6. The first kappa shape index (κ1) is 17.4. The van der Waals surface area contributed by atoms with Crippen LogP contribution >= 0.6 is 0 Å². The molecule has 0 fully saturated rings. The molecule has 0 bridgehead atoms. The number of amides is 1. The third kappa shape index (κ3) is 5.55. The number of likely N-dealkylation sites (N-methyl/N-ethyl adjacent to an activating group) is 1. The molecule has 0 aliphatic carbocycles. The van der Waals surface area contributed by atoms with E-state index < -0.39 is 0 Å². The molecule has 0 saturated heterocycles. The highest BCUT2D eigenvalue weighted by molar-refractivity contribution is 5.66. The maximum atomic E-state index is 11.2. The van der Waals surface area contributed by atoms with Gasteiger partial charge in [0.15, 0.2) is 0 Å². The fourth-order valence-corrected chi connectivity index (χ4v) is 0.561. The topological polar surface area (TPSA) is 29.5 Å². The predicted octanol–water partition coefficient (Wildman–Crippen LogP) is -1.83. The van der Waals surface area contributed by atoms with Gasteiger partial charge in [0, 0.05) is 14.1 Å². The molecule has 0 aromatic carbocycles. The van der Waals surface area contributed by atoms with E-state index in [-0.39, 0.29) is 35.6 Å². The van der Waals surface area contributed by atoms with Gasteiger partial charge in [0.25, 0.3) is 0 Å². The molecule has 0 aromatic heterocycles. The standard InChI is InChI=1S/C10H23N2O2.HI/c1-10(2,12(5,6)7)8-14-9(13)11(3)4;/h8H2,1-7H3;1H/q+1;/p-1. The molecule has 5 heteroatoms. The number of hydrogen-bond donors (Lipinski definition) is 0. The number of rotatable bonds is 3. The van der Waals surface area contributed by atoms with E-state index in [1.807, 2.05) is 0 Å². The van der Waals surface area contributed by atoms with Gasteiger partial charge in [0.2, 0.25) is 0 Å². The Morgan fingerprint density at radius 1 is 1.27 bits per heavy atom. The Morgan fingerprint density at radius 3 is 1.93 bits per heavy atom.